The third-order valence-corrected chi connectivity index (χ3v) is 4.01. The first kappa shape index (κ1) is 19.4. The molecule has 3 N–H and O–H groups in total. The molecule has 0 radical (unpaired) electrons. The number of sulfonamides is 1. The Kier molecular flexibility index (Phi) is 7.02. The number of aliphatic imine (C=N–C) groups is 1. The highest BCUT2D eigenvalue weighted by molar-refractivity contribution is 7.88. The van der Waals surface area contributed by atoms with Crippen LogP contribution in [-0.2, 0) is 10.0 Å². The molecule has 0 saturated heterocycles. The van der Waals surface area contributed by atoms with Crippen molar-refractivity contribution >= 4 is 16.0 Å². The summed E-state index contributed by atoms with van der Waals surface area (Å²) in [5.74, 6) is 0.659. The minimum Gasteiger partial charge on any atom is -0.357 e. The van der Waals surface area contributed by atoms with Gasteiger partial charge in [-0.1, -0.05) is 30.3 Å². The molecule has 0 aliphatic rings. The van der Waals surface area contributed by atoms with Crippen LogP contribution in [0, 0.1) is 0 Å². The number of nitrogens with one attached hydrogen (secondary N) is 3. The second-order valence-corrected chi connectivity index (χ2v) is 7.98. The smallest absolute Gasteiger partial charge is 0.209 e. The lowest BCUT2D eigenvalue weighted by Crippen LogP contribution is -2.47. The number of hydrogen-bond acceptors (Lipinski definition) is 3. The summed E-state index contributed by atoms with van der Waals surface area (Å²) < 4.78 is 25.4. The third-order valence-electron chi connectivity index (χ3n) is 3.09. The molecule has 0 spiro atoms. The van der Waals surface area contributed by atoms with Crippen LogP contribution in [0.4, 0.5) is 0 Å². The Morgan fingerprint density at radius 2 is 1.87 bits per heavy atom. The molecule has 6 nitrogen and oxygen atoms in total. The minimum atomic E-state index is -3.27. The lowest BCUT2D eigenvalue weighted by atomic mass is 10.1. The summed E-state index contributed by atoms with van der Waals surface area (Å²) in [7, 11) is -3.27. The molecule has 0 amide bonds. The van der Waals surface area contributed by atoms with Gasteiger partial charge in [-0.25, -0.2) is 13.1 Å². The van der Waals surface area contributed by atoms with Crippen LogP contribution < -0.4 is 15.4 Å². The molecular formula is C16H28N4O2S. The molecule has 0 bridgehead atoms. The van der Waals surface area contributed by atoms with Crippen molar-refractivity contribution < 1.29 is 8.42 Å². The van der Waals surface area contributed by atoms with Crippen LogP contribution in [0.3, 0.4) is 0 Å². The maximum atomic E-state index is 11.4. The first-order valence-electron chi connectivity index (χ1n) is 7.72. The molecule has 7 heteroatoms. The molecule has 1 aromatic rings. The Morgan fingerprint density at radius 1 is 1.26 bits per heavy atom. The van der Waals surface area contributed by atoms with Gasteiger partial charge in [0, 0.05) is 12.1 Å². The fraction of sp³-hybridized carbons (Fsp3) is 0.562. The summed E-state index contributed by atoms with van der Waals surface area (Å²) in [6.45, 7) is 8.72. The molecule has 0 saturated carbocycles. The van der Waals surface area contributed by atoms with Crippen molar-refractivity contribution in [3.8, 4) is 0 Å². The van der Waals surface area contributed by atoms with Crippen LogP contribution in [0.15, 0.2) is 35.3 Å². The SMILES string of the molecule is CCNC(=NCC(C)(C)NS(C)(=O)=O)NC(C)c1ccccc1. The molecule has 1 atom stereocenters. The van der Waals surface area contributed by atoms with Gasteiger partial charge in [-0.15, -0.1) is 0 Å². The first-order valence-corrected chi connectivity index (χ1v) is 9.61. The highest BCUT2D eigenvalue weighted by Crippen LogP contribution is 2.11. The van der Waals surface area contributed by atoms with Crippen molar-refractivity contribution in [3.05, 3.63) is 35.9 Å². The van der Waals surface area contributed by atoms with E-state index in [9.17, 15) is 8.42 Å². The van der Waals surface area contributed by atoms with E-state index in [4.69, 9.17) is 0 Å². The van der Waals surface area contributed by atoms with Gasteiger partial charge < -0.3 is 10.6 Å². The molecule has 0 aromatic heterocycles. The summed E-state index contributed by atoms with van der Waals surface area (Å²) in [4.78, 5) is 4.50. The summed E-state index contributed by atoms with van der Waals surface area (Å²) >= 11 is 0. The quantitative estimate of drug-likeness (QED) is 0.520. The van der Waals surface area contributed by atoms with Gasteiger partial charge in [-0.3, -0.25) is 4.99 Å². The van der Waals surface area contributed by atoms with Gasteiger partial charge >= 0.3 is 0 Å². The van der Waals surface area contributed by atoms with Crippen LogP contribution in [-0.4, -0.2) is 39.3 Å². The molecule has 0 aliphatic carbocycles. The lowest BCUT2D eigenvalue weighted by molar-refractivity contribution is 0.464. The number of rotatable bonds is 7. The lowest BCUT2D eigenvalue weighted by Gasteiger charge is -2.24. The Balaban J connectivity index is 2.77. The van der Waals surface area contributed by atoms with Crippen LogP contribution in [0.2, 0.25) is 0 Å². The van der Waals surface area contributed by atoms with Gasteiger partial charge in [0.1, 0.15) is 0 Å². The zero-order chi connectivity index (χ0) is 17.5. The van der Waals surface area contributed by atoms with Crippen LogP contribution in [0.1, 0.15) is 39.3 Å². The number of guanidine groups is 1. The molecule has 1 rings (SSSR count). The van der Waals surface area contributed by atoms with E-state index < -0.39 is 15.6 Å². The summed E-state index contributed by atoms with van der Waals surface area (Å²) in [5, 5.41) is 6.51. The van der Waals surface area contributed by atoms with E-state index in [0.29, 0.717) is 12.5 Å². The standard InChI is InChI=1S/C16H28N4O2S/c1-6-17-15(18-12-16(3,4)20-23(5,21)22)19-13(2)14-10-8-7-9-11-14/h7-11,13,20H,6,12H2,1-5H3,(H2,17,18,19). The van der Waals surface area contributed by atoms with Crippen LogP contribution in [0.5, 0.6) is 0 Å². The van der Waals surface area contributed by atoms with E-state index in [1.165, 1.54) is 0 Å². The molecule has 1 unspecified atom stereocenters. The third kappa shape index (κ3) is 7.99. The molecule has 0 fully saturated rings. The predicted molar refractivity (Wildman–Crippen MR) is 96.0 cm³/mol. The van der Waals surface area contributed by atoms with Crippen molar-refractivity contribution in [2.24, 2.45) is 4.99 Å². The monoisotopic (exact) mass is 340 g/mol. The molecule has 0 heterocycles. The van der Waals surface area contributed by atoms with Gasteiger partial charge in [0.2, 0.25) is 10.0 Å². The second kappa shape index (κ2) is 8.31. The van der Waals surface area contributed by atoms with Crippen LogP contribution >= 0.6 is 0 Å². The summed E-state index contributed by atoms with van der Waals surface area (Å²) in [6, 6.07) is 10.2. The van der Waals surface area contributed by atoms with Crippen molar-refractivity contribution in [2.75, 3.05) is 19.3 Å². The number of nitrogens with zero attached hydrogens (tertiary/aromatic N) is 1. The predicted octanol–water partition coefficient (Wildman–Crippen LogP) is 1.63. The molecule has 1 aromatic carbocycles. The molecule has 0 aliphatic heterocycles. The minimum absolute atomic E-state index is 0.0972. The zero-order valence-corrected chi connectivity index (χ0v) is 15.4. The Labute approximate surface area is 139 Å². The number of hydrogen-bond donors (Lipinski definition) is 3. The zero-order valence-electron chi connectivity index (χ0n) is 14.6. The largest absolute Gasteiger partial charge is 0.357 e. The molecular weight excluding hydrogens is 312 g/mol. The van der Waals surface area contributed by atoms with E-state index in [1.807, 2.05) is 39.0 Å². The van der Waals surface area contributed by atoms with Crippen molar-refractivity contribution in [1.29, 1.82) is 0 Å². The average Bonchev–Trinajstić information content (AvgIpc) is 2.43. The normalized spacial score (nSPS) is 14.4. The topological polar surface area (TPSA) is 82.6 Å². The average molecular weight is 340 g/mol. The maximum Gasteiger partial charge on any atom is 0.209 e. The molecule has 130 valence electrons. The van der Waals surface area contributed by atoms with E-state index in [0.717, 1.165) is 18.4 Å². The highest BCUT2D eigenvalue weighted by atomic mass is 32.2. The summed E-state index contributed by atoms with van der Waals surface area (Å²) in [6.07, 6.45) is 1.15. The fourth-order valence-corrected chi connectivity index (χ4v) is 3.23. The highest BCUT2D eigenvalue weighted by Gasteiger charge is 2.22. The van der Waals surface area contributed by atoms with E-state index in [2.05, 4.69) is 39.4 Å². The summed E-state index contributed by atoms with van der Waals surface area (Å²) in [5.41, 5.74) is 0.512. The van der Waals surface area contributed by atoms with Gasteiger partial charge in [-0.05, 0) is 33.3 Å². The van der Waals surface area contributed by atoms with E-state index in [-0.39, 0.29) is 6.04 Å². The Hall–Kier alpha value is -1.60. The van der Waals surface area contributed by atoms with Crippen molar-refractivity contribution in [1.82, 2.24) is 15.4 Å². The van der Waals surface area contributed by atoms with Crippen molar-refractivity contribution in [2.45, 2.75) is 39.3 Å². The van der Waals surface area contributed by atoms with Gasteiger partial charge in [-0.2, -0.15) is 0 Å². The van der Waals surface area contributed by atoms with E-state index >= 15 is 0 Å². The van der Waals surface area contributed by atoms with Gasteiger partial charge in [0.05, 0.1) is 18.8 Å². The van der Waals surface area contributed by atoms with Gasteiger partial charge in [0.25, 0.3) is 0 Å². The molecule has 23 heavy (non-hydrogen) atoms. The second-order valence-electron chi connectivity index (χ2n) is 6.23. The maximum absolute atomic E-state index is 11.4. The first-order chi connectivity index (χ1) is 10.6. The fourth-order valence-electron chi connectivity index (χ4n) is 2.16. The number of benzene rings is 1. The van der Waals surface area contributed by atoms with Gasteiger partial charge in [0.15, 0.2) is 5.96 Å². The van der Waals surface area contributed by atoms with Crippen LogP contribution in [0.25, 0.3) is 0 Å². The van der Waals surface area contributed by atoms with E-state index in [1.54, 1.807) is 0 Å². The Morgan fingerprint density at radius 3 is 2.39 bits per heavy atom. The Bertz CT molecular complexity index is 612. The van der Waals surface area contributed by atoms with Crippen molar-refractivity contribution in [3.63, 3.8) is 0 Å².